The highest BCUT2D eigenvalue weighted by Crippen LogP contribution is 2.26. The van der Waals surface area contributed by atoms with Crippen LogP contribution in [0.2, 0.25) is 0 Å². The SMILES string of the molecule is COc1ccc(C)cc1C(C)NCC(C)(C)C(N)=O. The second kappa shape index (κ2) is 6.06. The third kappa shape index (κ3) is 3.96. The molecular weight excluding hydrogens is 240 g/mol. The van der Waals surface area contributed by atoms with Gasteiger partial charge >= 0.3 is 0 Å². The summed E-state index contributed by atoms with van der Waals surface area (Å²) >= 11 is 0. The molecule has 0 radical (unpaired) electrons. The van der Waals surface area contributed by atoms with Crippen LogP contribution in [0.5, 0.6) is 5.75 Å². The van der Waals surface area contributed by atoms with Gasteiger partial charge in [0.2, 0.25) is 5.91 Å². The zero-order chi connectivity index (χ0) is 14.6. The van der Waals surface area contributed by atoms with Crippen LogP contribution in [0.1, 0.15) is 37.9 Å². The van der Waals surface area contributed by atoms with E-state index in [9.17, 15) is 4.79 Å². The van der Waals surface area contributed by atoms with Crippen LogP contribution in [-0.2, 0) is 4.79 Å². The second-order valence-corrected chi connectivity index (χ2v) is 5.60. The molecule has 0 fully saturated rings. The summed E-state index contributed by atoms with van der Waals surface area (Å²) in [5.41, 5.74) is 7.07. The molecule has 1 aromatic rings. The van der Waals surface area contributed by atoms with Crippen LogP contribution in [0.25, 0.3) is 0 Å². The van der Waals surface area contributed by atoms with E-state index in [-0.39, 0.29) is 11.9 Å². The van der Waals surface area contributed by atoms with Crippen molar-refractivity contribution in [3.05, 3.63) is 29.3 Å². The summed E-state index contributed by atoms with van der Waals surface area (Å²) in [6, 6.07) is 6.16. The Balaban J connectivity index is 2.81. The van der Waals surface area contributed by atoms with Gasteiger partial charge in [-0.1, -0.05) is 17.7 Å². The normalized spacial score (nSPS) is 13.1. The molecule has 0 bridgehead atoms. The molecule has 1 aromatic carbocycles. The summed E-state index contributed by atoms with van der Waals surface area (Å²) < 4.78 is 5.37. The predicted molar refractivity (Wildman–Crippen MR) is 77.1 cm³/mol. The number of amides is 1. The van der Waals surface area contributed by atoms with Crippen molar-refractivity contribution in [2.75, 3.05) is 13.7 Å². The smallest absolute Gasteiger partial charge is 0.224 e. The van der Waals surface area contributed by atoms with Crippen molar-refractivity contribution in [2.24, 2.45) is 11.1 Å². The number of nitrogens with one attached hydrogen (secondary N) is 1. The summed E-state index contributed by atoms with van der Waals surface area (Å²) in [6.07, 6.45) is 0. The minimum absolute atomic E-state index is 0.0912. The minimum atomic E-state index is -0.564. The third-order valence-corrected chi connectivity index (χ3v) is 3.37. The van der Waals surface area contributed by atoms with Gasteiger partial charge in [-0.25, -0.2) is 0 Å². The Bertz CT molecular complexity index is 455. The van der Waals surface area contributed by atoms with Gasteiger partial charge in [0.05, 0.1) is 12.5 Å². The van der Waals surface area contributed by atoms with Gasteiger partial charge < -0.3 is 15.8 Å². The Morgan fingerprint density at radius 2 is 2.11 bits per heavy atom. The van der Waals surface area contributed by atoms with Gasteiger partial charge in [0.15, 0.2) is 0 Å². The van der Waals surface area contributed by atoms with Gasteiger partial charge in [0, 0.05) is 18.2 Å². The average Bonchev–Trinajstić information content (AvgIpc) is 2.35. The summed E-state index contributed by atoms with van der Waals surface area (Å²) in [7, 11) is 1.66. The molecule has 19 heavy (non-hydrogen) atoms. The van der Waals surface area contributed by atoms with Crippen LogP contribution in [0.3, 0.4) is 0 Å². The topological polar surface area (TPSA) is 64.3 Å². The lowest BCUT2D eigenvalue weighted by molar-refractivity contribution is -0.125. The average molecular weight is 264 g/mol. The van der Waals surface area contributed by atoms with Crippen LogP contribution in [0.4, 0.5) is 0 Å². The van der Waals surface area contributed by atoms with E-state index in [1.165, 1.54) is 5.56 Å². The Labute approximate surface area is 115 Å². The summed E-state index contributed by atoms with van der Waals surface area (Å²) in [4.78, 5) is 11.3. The van der Waals surface area contributed by atoms with Gasteiger partial charge in [-0.15, -0.1) is 0 Å². The quantitative estimate of drug-likeness (QED) is 0.827. The standard InChI is InChI=1S/C15H24N2O2/c1-10-6-7-13(19-5)12(8-10)11(2)17-9-15(3,4)14(16)18/h6-8,11,17H,9H2,1-5H3,(H2,16,18). The first-order chi connectivity index (χ1) is 8.77. The van der Waals surface area contributed by atoms with Crippen LogP contribution < -0.4 is 15.8 Å². The number of carbonyl (C=O) groups excluding carboxylic acids is 1. The molecule has 1 amide bonds. The number of hydrogen-bond donors (Lipinski definition) is 2. The maximum Gasteiger partial charge on any atom is 0.224 e. The molecule has 1 unspecified atom stereocenters. The van der Waals surface area contributed by atoms with Gasteiger partial charge in [-0.05, 0) is 33.8 Å². The number of primary amides is 1. The van der Waals surface area contributed by atoms with Crippen molar-refractivity contribution in [3.8, 4) is 5.75 Å². The lowest BCUT2D eigenvalue weighted by Gasteiger charge is -2.25. The van der Waals surface area contributed by atoms with E-state index >= 15 is 0 Å². The molecule has 0 spiro atoms. The van der Waals surface area contributed by atoms with Crippen LogP contribution >= 0.6 is 0 Å². The third-order valence-electron chi connectivity index (χ3n) is 3.37. The van der Waals surface area contributed by atoms with E-state index in [0.717, 1.165) is 11.3 Å². The highest BCUT2D eigenvalue weighted by atomic mass is 16.5. The lowest BCUT2D eigenvalue weighted by Crippen LogP contribution is -2.41. The fourth-order valence-electron chi connectivity index (χ4n) is 1.80. The zero-order valence-corrected chi connectivity index (χ0v) is 12.4. The van der Waals surface area contributed by atoms with Crippen molar-refractivity contribution in [1.82, 2.24) is 5.32 Å². The summed E-state index contributed by atoms with van der Waals surface area (Å²) in [6.45, 7) is 8.29. The van der Waals surface area contributed by atoms with Gasteiger partial charge in [-0.2, -0.15) is 0 Å². The molecule has 0 heterocycles. The first kappa shape index (κ1) is 15.5. The number of aryl methyl sites for hydroxylation is 1. The van der Waals surface area contributed by atoms with E-state index in [1.54, 1.807) is 7.11 Å². The number of benzene rings is 1. The van der Waals surface area contributed by atoms with E-state index < -0.39 is 5.41 Å². The first-order valence-corrected chi connectivity index (χ1v) is 6.46. The van der Waals surface area contributed by atoms with E-state index in [4.69, 9.17) is 10.5 Å². The van der Waals surface area contributed by atoms with Crippen molar-refractivity contribution in [3.63, 3.8) is 0 Å². The number of nitrogens with two attached hydrogens (primary N) is 1. The van der Waals surface area contributed by atoms with Crippen molar-refractivity contribution in [2.45, 2.75) is 33.7 Å². The highest BCUT2D eigenvalue weighted by Gasteiger charge is 2.25. The van der Waals surface area contributed by atoms with Gasteiger partial charge in [-0.3, -0.25) is 4.79 Å². The number of ether oxygens (including phenoxy) is 1. The molecule has 0 saturated carbocycles. The van der Waals surface area contributed by atoms with Crippen molar-refractivity contribution >= 4 is 5.91 Å². The van der Waals surface area contributed by atoms with Crippen LogP contribution in [0.15, 0.2) is 18.2 Å². The Hall–Kier alpha value is -1.55. The van der Waals surface area contributed by atoms with E-state index in [0.29, 0.717) is 6.54 Å². The van der Waals surface area contributed by atoms with Crippen molar-refractivity contribution < 1.29 is 9.53 Å². The van der Waals surface area contributed by atoms with E-state index in [1.807, 2.05) is 39.8 Å². The molecule has 0 saturated heterocycles. The minimum Gasteiger partial charge on any atom is -0.496 e. The predicted octanol–water partition coefficient (Wildman–Crippen LogP) is 2.17. The largest absolute Gasteiger partial charge is 0.496 e. The van der Waals surface area contributed by atoms with Gasteiger partial charge in [0.1, 0.15) is 5.75 Å². The molecule has 0 aliphatic carbocycles. The van der Waals surface area contributed by atoms with Crippen LogP contribution in [0, 0.1) is 12.3 Å². The van der Waals surface area contributed by atoms with E-state index in [2.05, 4.69) is 11.4 Å². The lowest BCUT2D eigenvalue weighted by atomic mass is 9.92. The van der Waals surface area contributed by atoms with Crippen LogP contribution in [-0.4, -0.2) is 19.6 Å². The maximum atomic E-state index is 11.3. The highest BCUT2D eigenvalue weighted by molar-refractivity contribution is 5.80. The molecule has 1 atom stereocenters. The molecule has 106 valence electrons. The number of rotatable bonds is 6. The van der Waals surface area contributed by atoms with Gasteiger partial charge in [0.25, 0.3) is 0 Å². The summed E-state index contributed by atoms with van der Waals surface area (Å²) in [5.74, 6) is 0.547. The molecule has 1 rings (SSSR count). The maximum absolute atomic E-state index is 11.3. The summed E-state index contributed by atoms with van der Waals surface area (Å²) in [5, 5.41) is 3.34. The zero-order valence-electron chi connectivity index (χ0n) is 12.4. The monoisotopic (exact) mass is 264 g/mol. The Morgan fingerprint density at radius 3 is 2.63 bits per heavy atom. The number of carbonyl (C=O) groups is 1. The molecule has 0 aliphatic heterocycles. The molecule has 0 aromatic heterocycles. The molecule has 0 aliphatic rings. The molecule has 3 N–H and O–H groups in total. The second-order valence-electron chi connectivity index (χ2n) is 5.60. The fourth-order valence-corrected chi connectivity index (χ4v) is 1.80. The number of hydrogen-bond acceptors (Lipinski definition) is 3. The Morgan fingerprint density at radius 1 is 1.47 bits per heavy atom. The molecular formula is C15H24N2O2. The van der Waals surface area contributed by atoms with Crippen molar-refractivity contribution in [1.29, 1.82) is 0 Å². The molecule has 4 heteroatoms. The molecule has 4 nitrogen and oxygen atoms in total. The fraction of sp³-hybridized carbons (Fsp3) is 0.533. The first-order valence-electron chi connectivity index (χ1n) is 6.46. The Kier molecular flexibility index (Phi) is 4.95. The number of methoxy groups -OCH3 is 1.